The quantitative estimate of drug-likeness (QED) is 0.245. The van der Waals surface area contributed by atoms with E-state index in [9.17, 15) is 27.2 Å². The fourth-order valence-electron chi connectivity index (χ4n) is 5.14. The van der Waals surface area contributed by atoms with Crippen molar-refractivity contribution in [2.24, 2.45) is 0 Å². The Kier molecular flexibility index (Phi) is 10.5. The third-order valence-corrected chi connectivity index (χ3v) is 9.99. The third-order valence-electron chi connectivity index (χ3n) is 6.57. The van der Waals surface area contributed by atoms with Gasteiger partial charge in [0.25, 0.3) is 0 Å². The maximum Gasteiger partial charge on any atom is 0.241 e. The van der Waals surface area contributed by atoms with E-state index in [1.807, 2.05) is 19.1 Å². The normalized spacial score (nSPS) is 13.7. The number of hydrogen-bond donors (Lipinski definition) is 3. The average Bonchev–Trinajstić information content (AvgIpc) is 2.91. The molecule has 0 aliphatic heterocycles. The number of benzene rings is 3. The number of nitriles is 1. The van der Waals surface area contributed by atoms with Gasteiger partial charge in [0.15, 0.2) is 5.69 Å². The van der Waals surface area contributed by atoms with Crippen molar-refractivity contribution < 1.29 is 21.9 Å². The van der Waals surface area contributed by atoms with E-state index in [1.54, 1.807) is 76.2 Å². The number of rotatable bonds is 13. The van der Waals surface area contributed by atoms with Crippen LogP contribution in [0.25, 0.3) is 11.1 Å². The lowest BCUT2D eigenvalue weighted by Gasteiger charge is -2.38. The molecule has 3 aromatic carbocycles. The van der Waals surface area contributed by atoms with Crippen LogP contribution in [0.4, 0.5) is 11.4 Å². The van der Waals surface area contributed by atoms with Crippen molar-refractivity contribution in [1.29, 1.82) is 5.26 Å². The van der Waals surface area contributed by atoms with Gasteiger partial charge in [-0.1, -0.05) is 37.3 Å². The standard InChI is InChI=1S/C30H39N4O5S2/c1-6-17-34(18-19-35,28-13-9-7-11-24(28)21-31)25-15-16-27(30(20-25)41(38,39)33-23(4)5)26-12-8-10-14-29(26)40(36,37)32-22(2)3/h7-16,20,22-23,32-33,35H,6,17-19H2,1-5H3/q+1. The Morgan fingerprint density at radius 2 is 1.37 bits per heavy atom. The van der Waals surface area contributed by atoms with E-state index < -0.39 is 26.1 Å². The molecule has 0 aromatic heterocycles. The van der Waals surface area contributed by atoms with Crippen LogP contribution < -0.4 is 13.9 Å². The smallest absolute Gasteiger partial charge is 0.241 e. The predicted molar refractivity (Wildman–Crippen MR) is 163 cm³/mol. The molecule has 9 nitrogen and oxygen atoms in total. The first-order chi connectivity index (χ1) is 19.3. The molecule has 0 aliphatic rings. The van der Waals surface area contributed by atoms with Gasteiger partial charge < -0.3 is 5.11 Å². The summed E-state index contributed by atoms with van der Waals surface area (Å²) in [7, 11) is -8.11. The molecule has 0 spiro atoms. The zero-order valence-electron chi connectivity index (χ0n) is 24.1. The van der Waals surface area contributed by atoms with Crippen LogP contribution in [0.2, 0.25) is 0 Å². The minimum atomic E-state index is -4.14. The summed E-state index contributed by atoms with van der Waals surface area (Å²) >= 11 is 0. The van der Waals surface area contributed by atoms with Crippen molar-refractivity contribution >= 4 is 31.4 Å². The fourth-order valence-corrected chi connectivity index (χ4v) is 8.10. The Morgan fingerprint density at radius 3 is 1.95 bits per heavy atom. The van der Waals surface area contributed by atoms with Crippen LogP contribution in [0.1, 0.15) is 46.6 Å². The molecular weight excluding hydrogens is 560 g/mol. The summed E-state index contributed by atoms with van der Waals surface area (Å²) in [5, 5.41) is 20.1. The molecule has 0 aliphatic carbocycles. The highest BCUT2D eigenvalue weighted by atomic mass is 32.2. The molecule has 41 heavy (non-hydrogen) atoms. The summed E-state index contributed by atoms with van der Waals surface area (Å²) in [5.74, 6) is 0. The number of aliphatic hydroxyl groups is 1. The van der Waals surface area contributed by atoms with E-state index in [0.717, 1.165) is 0 Å². The van der Waals surface area contributed by atoms with Crippen molar-refractivity contribution in [2.45, 2.75) is 62.9 Å². The highest BCUT2D eigenvalue weighted by Gasteiger charge is 2.37. The Morgan fingerprint density at radius 1 is 0.805 bits per heavy atom. The number of sulfonamides is 2. The molecule has 11 heteroatoms. The first-order valence-electron chi connectivity index (χ1n) is 13.6. The molecule has 0 saturated heterocycles. The second-order valence-electron chi connectivity index (χ2n) is 10.5. The van der Waals surface area contributed by atoms with E-state index in [4.69, 9.17) is 0 Å². The largest absolute Gasteiger partial charge is 0.390 e. The van der Waals surface area contributed by atoms with Crippen molar-refractivity contribution in [3.05, 3.63) is 72.3 Å². The highest BCUT2D eigenvalue weighted by Crippen LogP contribution is 2.41. The van der Waals surface area contributed by atoms with E-state index >= 15 is 0 Å². The Balaban J connectivity index is 2.44. The van der Waals surface area contributed by atoms with Crippen molar-refractivity contribution in [3.63, 3.8) is 0 Å². The van der Waals surface area contributed by atoms with Crippen molar-refractivity contribution in [1.82, 2.24) is 13.9 Å². The van der Waals surface area contributed by atoms with Gasteiger partial charge in [0.2, 0.25) is 20.0 Å². The second-order valence-corrected chi connectivity index (χ2v) is 13.9. The summed E-state index contributed by atoms with van der Waals surface area (Å²) in [6.07, 6.45) is 0.676. The number of nitrogens with zero attached hydrogens (tertiary/aromatic N) is 2. The first kappa shape index (κ1) is 32.4. The first-order valence-corrected chi connectivity index (χ1v) is 16.6. The van der Waals surface area contributed by atoms with Crippen LogP contribution in [-0.2, 0) is 20.0 Å². The number of quaternary nitrogens is 1. The van der Waals surface area contributed by atoms with E-state index in [0.29, 0.717) is 29.9 Å². The summed E-state index contributed by atoms with van der Waals surface area (Å²) in [6, 6.07) is 19.7. The average molecular weight is 600 g/mol. The second kappa shape index (κ2) is 13.2. The molecule has 0 fully saturated rings. The van der Waals surface area contributed by atoms with Gasteiger partial charge in [-0.25, -0.2) is 26.3 Å². The number of aliphatic hydroxyl groups excluding tert-OH is 1. The van der Waals surface area contributed by atoms with Crippen LogP contribution in [0.15, 0.2) is 76.5 Å². The summed E-state index contributed by atoms with van der Waals surface area (Å²) in [6.45, 7) is 9.29. The number of nitrogens with one attached hydrogen (secondary N) is 2. The van der Waals surface area contributed by atoms with Crippen LogP contribution in [-0.4, -0.2) is 53.7 Å². The molecule has 0 heterocycles. The van der Waals surface area contributed by atoms with E-state index in [2.05, 4.69) is 15.5 Å². The minimum Gasteiger partial charge on any atom is -0.390 e. The topological polar surface area (TPSA) is 136 Å². The van der Waals surface area contributed by atoms with Crippen molar-refractivity contribution in [3.8, 4) is 17.2 Å². The molecule has 3 N–H and O–H groups in total. The third kappa shape index (κ3) is 7.04. The van der Waals surface area contributed by atoms with Gasteiger partial charge in [0, 0.05) is 41.4 Å². The van der Waals surface area contributed by atoms with Crippen LogP contribution in [0.3, 0.4) is 0 Å². The zero-order valence-corrected chi connectivity index (χ0v) is 25.8. The van der Waals surface area contributed by atoms with Gasteiger partial charge in [0.05, 0.1) is 22.9 Å². The molecule has 220 valence electrons. The summed E-state index contributed by atoms with van der Waals surface area (Å²) < 4.78 is 59.5. The van der Waals surface area contributed by atoms with E-state index in [-0.39, 0.29) is 44.6 Å². The predicted octanol–water partition coefficient (Wildman–Crippen LogP) is 4.64. The Bertz CT molecular complexity index is 1620. The molecule has 1 unspecified atom stereocenters. The van der Waals surface area contributed by atoms with Crippen LogP contribution in [0, 0.1) is 11.3 Å². The lowest BCUT2D eigenvalue weighted by Crippen LogP contribution is -2.47. The maximum absolute atomic E-state index is 13.8. The lowest BCUT2D eigenvalue weighted by molar-refractivity contribution is 0.240. The summed E-state index contributed by atoms with van der Waals surface area (Å²) in [5.41, 5.74) is 2.07. The Hall–Kier alpha value is -3.11. The van der Waals surface area contributed by atoms with Gasteiger partial charge >= 0.3 is 0 Å². The van der Waals surface area contributed by atoms with Gasteiger partial charge in [0.1, 0.15) is 23.9 Å². The molecule has 1 atom stereocenters. The summed E-state index contributed by atoms with van der Waals surface area (Å²) in [4.78, 5) is -0.135. The van der Waals surface area contributed by atoms with E-state index in [1.165, 1.54) is 6.07 Å². The molecule has 0 saturated carbocycles. The number of hydrogen-bond acceptors (Lipinski definition) is 6. The van der Waals surface area contributed by atoms with Crippen LogP contribution >= 0.6 is 0 Å². The van der Waals surface area contributed by atoms with Gasteiger partial charge in [-0.05, 0) is 52.3 Å². The monoisotopic (exact) mass is 599 g/mol. The highest BCUT2D eigenvalue weighted by molar-refractivity contribution is 7.90. The minimum absolute atomic E-state index is 0.0378. The molecule has 3 aromatic rings. The molecule has 3 rings (SSSR count). The fraction of sp³-hybridized carbons (Fsp3) is 0.367. The SMILES string of the molecule is CCC[N+](CCO)(c1ccc(-c2ccccc2S(=O)(=O)NC(C)C)c(S(=O)(=O)NC(C)C)c1)c1ccccc1C#N. The zero-order chi connectivity index (χ0) is 30.4. The number of para-hydroxylation sites is 1. The van der Waals surface area contributed by atoms with Gasteiger partial charge in [-0.3, -0.25) is 4.48 Å². The van der Waals surface area contributed by atoms with Gasteiger partial charge in [-0.2, -0.15) is 5.26 Å². The molecule has 0 radical (unpaired) electrons. The maximum atomic E-state index is 13.8. The van der Waals surface area contributed by atoms with Crippen molar-refractivity contribution in [2.75, 3.05) is 19.7 Å². The Labute approximate surface area is 244 Å². The molecule has 0 bridgehead atoms. The molecular formula is C30H39N4O5S2+. The lowest BCUT2D eigenvalue weighted by atomic mass is 10.0. The van der Waals surface area contributed by atoms with Crippen LogP contribution in [0.5, 0.6) is 0 Å². The molecule has 0 amide bonds. The van der Waals surface area contributed by atoms with Gasteiger partial charge in [-0.15, -0.1) is 0 Å².